The van der Waals surface area contributed by atoms with Crippen molar-refractivity contribution in [2.45, 2.75) is 58.7 Å². The molecule has 2 aliphatic rings. The molecule has 1 aromatic rings. The first-order valence-corrected chi connectivity index (χ1v) is 8.94. The zero-order chi connectivity index (χ0) is 15.0. The van der Waals surface area contributed by atoms with Crippen molar-refractivity contribution in [1.29, 1.82) is 0 Å². The fourth-order valence-electron chi connectivity index (χ4n) is 2.78. The summed E-state index contributed by atoms with van der Waals surface area (Å²) in [7, 11) is 0. The highest BCUT2D eigenvalue weighted by atomic mass is 32.1. The first-order chi connectivity index (χ1) is 9.92. The van der Waals surface area contributed by atoms with Crippen molar-refractivity contribution in [1.82, 2.24) is 15.2 Å². The third-order valence-corrected chi connectivity index (χ3v) is 5.53. The Morgan fingerprint density at radius 2 is 1.86 bits per heavy atom. The second-order valence-corrected chi connectivity index (χ2v) is 8.42. The monoisotopic (exact) mass is 308 g/mol. The van der Waals surface area contributed by atoms with Crippen LogP contribution >= 0.6 is 11.3 Å². The summed E-state index contributed by atoms with van der Waals surface area (Å²) >= 11 is 1.87. The summed E-state index contributed by atoms with van der Waals surface area (Å²) in [5, 5.41) is 4.79. The van der Waals surface area contributed by atoms with Crippen LogP contribution in [0.3, 0.4) is 0 Å². The molecule has 0 aromatic carbocycles. The number of aryl methyl sites for hydroxylation is 1. The van der Waals surface area contributed by atoms with Gasteiger partial charge in [0.1, 0.15) is 0 Å². The Kier molecular flexibility index (Phi) is 4.26. The second-order valence-electron chi connectivity index (χ2n) is 7.36. The van der Waals surface area contributed by atoms with E-state index in [1.165, 1.54) is 41.6 Å². The van der Waals surface area contributed by atoms with E-state index in [2.05, 4.69) is 42.8 Å². The first-order valence-electron chi connectivity index (χ1n) is 8.13. The van der Waals surface area contributed by atoms with Crippen molar-refractivity contribution < 1.29 is 0 Å². The number of nitrogens with one attached hydrogen (secondary N) is 1. The Morgan fingerprint density at radius 3 is 2.43 bits per heavy atom. The van der Waals surface area contributed by atoms with Crippen LogP contribution in [0, 0.1) is 6.92 Å². The van der Waals surface area contributed by atoms with Crippen LogP contribution in [0.4, 0.5) is 5.13 Å². The molecule has 0 unspecified atom stereocenters. The smallest absolute Gasteiger partial charge is 0.185 e. The van der Waals surface area contributed by atoms with Gasteiger partial charge in [0.15, 0.2) is 5.13 Å². The molecule has 1 aliphatic carbocycles. The zero-order valence-corrected chi connectivity index (χ0v) is 14.6. The fourth-order valence-corrected chi connectivity index (χ4v) is 3.83. The van der Waals surface area contributed by atoms with Crippen molar-refractivity contribution in [2.24, 2.45) is 0 Å². The summed E-state index contributed by atoms with van der Waals surface area (Å²) < 4.78 is 0. The van der Waals surface area contributed by atoms with E-state index in [4.69, 9.17) is 4.98 Å². The molecule has 4 nitrogen and oxygen atoms in total. The molecule has 1 saturated carbocycles. The number of thiazole rings is 1. The number of nitrogens with zero attached hydrogens (tertiary/aromatic N) is 3. The quantitative estimate of drug-likeness (QED) is 0.926. The number of rotatable bonds is 4. The molecular formula is C16H28N4S. The van der Waals surface area contributed by atoms with Crippen molar-refractivity contribution in [3.63, 3.8) is 0 Å². The summed E-state index contributed by atoms with van der Waals surface area (Å²) in [6.07, 6.45) is 2.83. The van der Waals surface area contributed by atoms with E-state index in [9.17, 15) is 0 Å². The molecule has 1 aromatic heterocycles. The van der Waals surface area contributed by atoms with Gasteiger partial charge >= 0.3 is 0 Å². The molecule has 0 atom stereocenters. The summed E-state index contributed by atoms with van der Waals surface area (Å²) in [4.78, 5) is 11.3. The van der Waals surface area contributed by atoms with Gasteiger partial charge in [-0.1, -0.05) is 0 Å². The fraction of sp³-hybridized carbons (Fsp3) is 0.812. The van der Waals surface area contributed by atoms with Gasteiger partial charge < -0.3 is 10.2 Å². The highest BCUT2D eigenvalue weighted by Gasteiger charge is 2.31. The Morgan fingerprint density at radius 1 is 1.19 bits per heavy atom. The maximum atomic E-state index is 4.81. The van der Waals surface area contributed by atoms with Crippen molar-refractivity contribution in [3.8, 4) is 0 Å². The largest absolute Gasteiger partial charge is 0.346 e. The van der Waals surface area contributed by atoms with Crippen LogP contribution < -0.4 is 10.2 Å². The summed E-state index contributed by atoms with van der Waals surface area (Å²) in [5.74, 6) is 0. The second kappa shape index (κ2) is 5.86. The molecular weight excluding hydrogens is 280 g/mol. The number of hydrogen-bond donors (Lipinski definition) is 1. The predicted octanol–water partition coefficient (Wildman–Crippen LogP) is 2.62. The molecule has 5 heteroatoms. The molecule has 0 spiro atoms. The number of anilines is 1. The molecule has 3 rings (SSSR count). The highest BCUT2D eigenvalue weighted by molar-refractivity contribution is 7.15. The van der Waals surface area contributed by atoms with Crippen LogP contribution in [0.2, 0.25) is 0 Å². The van der Waals surface area contributed by atoms with Gasteiger partial charge in [0.2, 0.25) is 0 Å². The maximum absolute atomic E-state index is 4.81. The van der Waals surface area contributed by atoms with Crippen LogP contribution in [0.1, 0.15) is 44.2 Å². The lowest BCUT2D eigenvalue weighted by Crippen LogP contribution is -2.47. The molecule has 0 amide bonds. The van der Waals surface area contributed by atoms with Crippen LogP contribution in [-0.4, -0.2) is 47.6 Å². The lowest BCUT2D eigenvalue weighted by atomic mass is 10.1. The Balaban J connectivity index is 1.58. The van der Waals surface area contributed by atoms with Gasteiger partial charge in [-0.3, -0.25) is 4.90 Å². The molecule has 1 aliphatic heterocycles. The molecule has 1 N–H and O–H groups in total. The van der Waals surface area contributed by atoms with E-state index >= 15 is 0 Å². The molecule has 0 bridgehead atoms. The average molecular weight is 308 g/mol. The molecule has 2 heterocycles. The zero-order valence-electron chi connectivity index (χ0n) is 13.8. The summed E-state index contributed by atoms with van der Waals surface area (Å²) in [6.45, 7) is 14.4. The molecule has 2 fully saturated rings. The highest BCUT2D eigenvalue weighted by Crippen LogP contribution is 2.30. The van der Waals surface area contributed by atoms with Crippen molar-refractivity contribution in [2.75, 3.05) is 31.1 Å². The third kappa shape index (κ3) is 3.96. The lowest BCUT2D eigenvalue weighted by Gasteiger charge is -2.34. The number of piperazine rings is 1. The van der Waals surface area contributed by atoms with Gasteiger partial charge in [-0.15, -0.1) is 11.3 Å². The standard InChI is InChI=1S/C16H28N4S/c1-12-14(11-17-16(2,3)4)21-15(18-12)20-9-7-19(8-10-20)13-5-6-13/h13,17H,5-11H2,1-4H3. The summed E-state index contributed by atoms with van der Waals surface area (Å²) in [5.41, 5.74) is 1.35. The minimum Gasteiger partial charge on any atom is -0.346 e. The van der Waals surface area contributed by atoms with Gasteiger partial charge in [0.25, 0.3) is 0 Å². The minimum atomic E-state index is 0.159. The van der Waals surface area contributed by atoms with Gasteiger partial charge in [0.05, 0.1) is 5.69 Å². The summed E-state index contributed by atoms with van der Waals surface area (Å²) in [6, 6.07) is 0.900. The minimum absolute atomic E-state index is 0.159. The van der Waals surface area contributed by atoms with Crippen LogP contribution in [0.25, 0.3) is 0 Å². The lowest BCUT2D eigenvalue weighted by molar-refractivity contribution is 0.248. The van der Waals surface area contributed by atoms with Crippen LogP contribution in [-0.2, 0) is 6.54 Å². The Hall–Kier alpha value is -0.650. The van der Waals surface area contributed by atoms with E-state index in [1.54, 1.807) is 0 Å². The van der Waals surface area contributed by atoms with Crippen LogP contribution in [0.15, 0.2) is 0 Å². The normalized spacial score (nSPS) is 21.0. The van der Waals surface area contributed by atoms with Crippen molar-refractivity contribution in [3.05, 3.63) is 10.6 Å². The Labute approximate surface area is 132 Å². The van der Waals surface area contributed by atoms with Gasteiger partial charge in [-0.05, 0) is 40.5 Å². The van der Waals surface area contributed by atoms with E-state index < -0.39 is 0 Å². The van der Waals surface area contributed by atoms with Crippen molar-refractivity contribution >= 4 is 16.5 Å². The van der Waals surface area contributed by atoms with Crippen LogP contribution in [0.5, 0.6) is 0 Å². The van der Waals surface area contributed by atoms with Gasteiger partial charge in [-0.25, -0.2) is 4.98 Å². The molecule has 1 saturated heterocycles. The topological polar surface area (TPSA) is 31.4 Å². The number of hydrogen-bond acceptors (Lipinski definition) is 5. The van der Waals surface area contributed by atoms with E-state index in [0.717, 1.165) is 25.7 Å². The van der Waals surface area contributed by atoms with E-state index in [1.807, 2.05) is 11.3 Å². The van der Waals surface area contributed by atoms with Gasteiger partial charge in [0, 0.05) is 49.2 Å². The predicted molar refractivity (Wildman–Crippen MR) is 90.3 cm³/mol. The van der Waals surface area contributed by atoms with Gasteiger partial charge in [-0.2, -0.15) is 0 Å². The van der Waals surface area contributed by atoms with E-state index in [-0.39, 0.29) is 5.54 Å². The SMILES string of the molecule is Cc1nc(N2CCN(C3CC3)CC2)sc1CNC(C)(C)C. The number of aromatic nitrogens is 1. The Bertz CT molecular complexity index is 479. The van der Waals surface area contributed by atoms with E-state index in [0.29, 0.717) is 0 Å². The molecule has 0 radical (unpaired) electrons. The molecule has 118 valence electrons. The average Bonchev–Trinajstić information content (AvgIpc) is 3.20. The third-order valence-electron chi connectivity index (χ3n) is 4.31. The molecule has 21 heavy (non-hydrogen) atoms. The first kappa shape index (κ1) is 15.3. The maximum Gasteiger partial charge on any atom is 0.185 e.